The van der Waals surface area contributed by atoms with Crippen LogP contribution < -0.4 is 0 Å². The number of likely N-dealkylation sites (tertiary alicyclic amines) is 1. The maximum Gasteiger partial charge on any atom is 0.249 e. The summed E-state index contributed by atoms with van der Waals surface area (Å²) in [4.78, 5) is 16.9. The van der Waals surface area contributed by atoms with Crippen molar-refractivity contribution in [2.45, 2.75) is 25.0 Å². The summed E-state index contributed by atoms with van der Waals surface area (Å²) in [6.45, 7) is 4.49. The average molecular weight is 318 g/mol. The molecule has 0 radical (unpaired) electrons. The van der Waals surface area contributed by atoms with Gasteiger partial charge in [-0.3, -0.25) is 4.79 Å². The van der Waals surface area contributed by atoms with Crippen LogP contribution in [0.4, 0.5) is 0 Å². The molecular formula is C18H26N2O3. The molecule has 1 amide bonds. The molecule has 5 heteroatoms. The summed E-state index contributed by atoms with van der Waals surface area (Å²) in [5, 5.41) is 0. The Hall–Kier alpha value is -1.43. The molecule has 0 spiro atoms. The molecule has 0 saturated carbocycles. The molecule has 0 bridgehead atoms. The van der Waals surface area contributed by atoms with E-state index < -0.39 is 0 Å². The summed E-state index contributed by atoms with van der Waals surface area (Å²) in [6.07, 6.45) is 2.54. The Kier molecular flexibility index (Phi) is 5.65. The minimum Gasteiger partial charge on any atom is -0.375 e. The van der Waals surface area contributed by atoms with Gasteiger partial charge in [0.15, 0.2) is 0 Å². The van der Waals surface area contributed by atoms with Gasteiger partial charge < -0.3 is 19.3 Å². The third kappa shape index (κ3) is 3.91. The lowest BCUT2D eigenvalue weighted by atomic mass is 9.97. The summed E-state index contributed by atoms with van der Waals surface area (Å²) in [5.74, 6) is 0.0380. The highest BCUT2D eigenvalue weighted by Gasteiger charge is 2.37. The van der Waals surface area contributed by atoms with Crippen LogP contribution in [0.3, 0.4) is 0 Å². The topological polar surface area (TPSA) is 42.0 Å². The quantitative estimate of drug-likeness (QED) is 0.829. The number of hydrogen-bond donors (Lipinski definition) is 0. The molecule has 126 valence electrons. The van der Waals surface area contributed by atoms with E-state index in [1.165, 1.54) is 12.8 Å². The molecule has 3 rings (SSSR count). The highest BCUT2D eigenvalue weighted by atomic mass is 16.5. The minimum atomic E-state index is -0.0341. The van der Waals surface area contributed by atoms with Crippen molar-refractivity contribution < 1.29 is 14.3 Å². The van der Waals surface area contributed by atoms with E-state index in [-0.39, 0.29) is 24.7 Å². The van der Waals surface area contributed by atoms with E-state index in [0.29, 0.717) is 13.2 Å². The zero-order chi connectivity index (χ0) is 16.1. The maximum absolute atomic E-state index is 12.5. The molecule has 1 aromatic rings. The molecule has 2 heterocycles. The van der Waals surface area contributed by atoms with E-state index in [4.69, 9.17) is 9.47 Å². The first-order valence-electron chi connectivity index (χ1n) is 8.47. The second-order valence-electron chi connectivity index (χ2n) is 6.29. The van der Waals surface area contributed by atoms with Gasteiger partial charge in [0, 0.05) is 20.2 Å². The fourth-order valence-electron chi connectivity index (χ4n) is 3.64. The lowest BCUT2D eigenvalue weighted by Gasteiger charge is -2.42. The number of methoxy groups -OCH3 is 1. The SMILES string of the molecule is COCC(=O)N1CCO[C@@H](CN2CCCC2)[C@@H]1c1ccccc1. The summed E-state index contributed by atoms with van der Waals surface area (Å²) in [7, 11) is 1.57. The molecule has 2 saturated heterocycles. The number of rotatable bonds is 5. The van der Waals surface area contributed by atoms with Crippen molar-refractivity contribution in [2.24, 2.45) is 0 Å². The van der Waals surface area contributed by atoms with Crippen molar-refractivity contribution in [2.75, 3.05) is 46.5 Å². The van der Waals surface area contributed by atoms with E-state index in [1.54, 1.807) is 7.11 Å². The molecule has 23 heavy (non-hydrogen) atoms. The summed E-state index contributed by atoms with van der Waals surface area (Å²) in [6, 6.07) is 10.2. The van der Waals surface area contributed by atoms with Crippen LogP contribution in [0, 0.1) is 0 Å². The largest absolute Gasteiger partial charge is 0.375 e. The Balaban J connectivity index is 1.82. The van der Waals surface area contributed by atoms with Gasteiger partial charge in [0.05, 0.1) is 18.8 Å². The monoisotopic (exact) mass is 318 g/mol. The van der Waals surface area contributed by atoms with Crippen LogP contribution in [0.1, 0.15) is 24.4 Å². The smallest absolute Gasteiger partial charge is 0.249 e. The van der Waals surface area contributed by atoms with E-state index in [9.17, 15) is 4.79 Å². The van der Waals surface area contributed by atoms with Gasteiger partial charge in [-0.1, -0.05) is 30.3 Å². The molecule has 2 aliphatic heterocycles. The van der Waals surface area contributed by atoms with Gasteiger partial charge in [0.2, 0.25) is 5.91 Å². The first kappa shape index (κ1) is 16.4. The minimum absolute atomic E-state index is 0.0186. The fraction of sp³-hybridized carbons (Fsp3) is 0.611. The van der Waals surface area contributed by atoms with Crippen molar-refractivity contribution in [3.05, 3.63) is 35.9 Å². The highest BCUT2D eigenvalue weighted by molar-refractivity contribution is 5.78. The van der Waals surface area contributed by atoms with Gasteiger partial charge in [-0.25, -0.2) is 0 Å². The van der Waals surface area contributed by atoms with Crippen LogP contribution in [0.2, 0.25) is 0 Å². The van der Waals surface area contributed by atoms with Gasteiger partial charge in [0.25, 0.3) is 0 Å². The Bertz CT molecular complexity index is 502. The second kappa shape index (κ2) is 7.90. The van der Waals surface area contributed by atoms with Crippen molar-refractivity contribution >= 4 is 5.91 Å². The van der Waals surface area contributed by atoms with Gasteiger partial charge in [0.1, 0.15) is 6.61 Å². The molecule has 0 unspecified atom stereocenters. The summed E-state index contributed by atoms with van der Waals surface area (Å²) < 4.78 is 11.2. The number of carbonyl (C=O) groups is 1. The van der Waals surface area contributed by atoms with Crippen LogP contribution in [0.25, 0.3) is 0 Å². The number of carbonyl (C=O) groups excluding carboxylic acids is 1. The van der Waals surface area contributed by atoms with E-state index in [0.717, 1.165) is 25.2 Å². The number of benzene rings is 1. The number of amides is 1. The summed E-state index contributed by atoms with van der Waals surface area (Å²) >= 11 is 0. The molecule has 5 nitrogen and oxygen atoms in total. The van der Waals surface area contributed by atoms with Crippen molar-refractivity contribution in [1.29, 1.82) is 0 Å². The standard InChI is InChI=1S/C18H26N2O3/c1-22-14-17(21)20-11-12-23-16(13-19-9-5-6-10-19)18(20)15-7-3-2-4-8-15/h2-4,7-8,16,18H,5-6,9-14H2,1H3/t16-,18-/m0/s1. The molecule has 1 aromatic carbocycles. The Morgan fingerprint density at radius 2 is 1.96 bits per heavy atom. The summed E-state index contributed by atoms with van der Waals surface area (Å²) in [5.41, 5.74) is 1.14. The van der Waals surface area contributed by atoms with Gasteiger partial charge in [-0.05, 0) is 31.5 Å². The fourth-order valence-corrected chi connectivity index (χ4v) is 3.64. The first-order valence-corrected chi connectivity index (χ1v) is 8.47. The predicted molar refractivity (Wildman–Crippen MR) is 88.2 cm³/mol. The maximum atomic E-state index is 12.5. The van der Waals surface area contributed by atoms with Crippen LogP contribution >= 0.6 is 0 Å². The normalized spacial score (nSPS) is 25.7. The number of nitrogens with zero attached hydrogens (tertiary/aromatic N) is 2. The third-order valence-corrected chi connectivity index (χ3v) is 4.72. The zero-order valence-corrected chi connectivity index (χ0v) is 13.8. The zero-order valence-electron chi connectivity index (χ0n) is 13.8. The highest BCUT2D eigenvalue weighted by Crippen LogP contribution is 2.31. The predicted octanol–water partition coefficient (Wildman–Crippen LogP) is 1.70. The molecule has 0 aliphatic carbocycles. The Labute approximate surface area is 138 Å². The number of morpholine rings is 1. The van der Waals surface area contributed by atoms with E-state index >= 15 is 0 Å². The number of hydrogen-bond acceptors (Lipinski definition) is 4. The number of ether oxygens (including phenoxy) is 2. The molecule has 2 aliphatic rings. The molecule has 2 atom stereocenters. The third-order valence-electron chi connectivity index (χ3n) is 4.72. The van der Waals surface area contributed by atoms with Crippen LogP contribution in [-0.4, -0.2) is 68.3 Å². The lowest BCUT2D eigenvalue weighted by Crippen LogP contribution is -2.52. The molecule has 0 aromatic heterocycles. The molecule has 0 N–H and O–H groups in total. The van der Waals surface area contributed by atoms with Crippen molar-refractivity contribution in [3.8, 4) is 0 Å². The van der Waals surface area contributed by atoms with E-state index in [1.807, 2.05) is 23.1 Å². The van der Waals surface area contributed by atoms with E-state index in [2.05, 4.69) is 17.0 Å². The second-order valence-corrected chi connectivity index (χ2v) is 6.29. The average Bonchev–Trinajstić information content (AvgIpc) is 3.09. The van der Waals surface area contributed by atoms with Gasteiger partial charge in [-0.2, -0.15) is 0 Å². The van der Waals surface area contributed by atoms with Crippen LogP contribution in [0.15, 0.2) is 30.3 Å². The van der Waals surface area contributed by atoms with Gasteiger partial charge >= 0.3 is 0 Å². The van der Waals surface area contributed by atoms with Crippen molar-refractivity contribution in [1.82, 2.24) is 9.80 Å². The van der Waals surface area contributed by atoms with Gasteiger partial charge in [-0.15, -0.1) is 0 Å². The lowest BCUT2D eigenvalue weighted by molar-refractivity contribution is -0.152. The molecular weight excluding hydrogens is 292 g/mol. The molecule has 2 fully saturated rings. The first-order chi connectivity index (χ1) is 11.3. The Morgan fingerprint density at radius 3 is 2.65 bits per heavy atom. The van der Waals surface area contributed by atoms with Crippen LogP contribution in [0.5, 0.6) is 0 Å². The van der Waals surface area contributed by atoms with Crippen molar-refractivity contribution in [3.63, 3.8) is 0 Å². The Morgan fingerprint density at radius 1 is 1.22 bits per heavy atom. The van der Waals surface area contributed by atoms with Crippen LogP contribution in [-0.2, 0) is 14.3 Å².